The minimum atomic E-state index is -0.739. The van der Waals surface area contributed by atoms with Gasteiger partial charge in [-0.2, -0.15) is 5.26 Å². The molecule has 0 heterocycles. The summed E-state index contributed by atoms with van der Waals surface area (Å²) in [5.74, 6) is 0.203. The lowest BCUT2D eigenvalue weighted by Gasteiger charge is -2.13. The van der Waals surface area contributed by atoms with Crippen LogP contribution in [-0.4, -0.2) is 27.1 Å². The van der Waals surface area contributed by atoms with Gasteiger partial charge in [-0.25, -0.2) is 0 Å². The molecule has 0 spiro atoms. The summed E-state index contributed by atoms with van der Waals surface area (Å²) in [6.07, 6.45) is 0. The highest BCUT2D eigenvalue weighted by atomic mass is 16.5. The number of benzene rings is 1. The number of carbonyl (C=O) groups is 1. The predicted molar refractivity (Wildman–Crippen MR) is 65.2 cm³/mol. The van der Waals surface area contributed by atoms with Crippen LogP contribution >= 0.6 is 0 Å². The lowest BCUT2D eigenvalue weighted by atomic mass is 9.99. The van der Waals surface area contributed by atoms with Crippen molar-refractivity contribution in [2.24, 2.45) is 5.92 Å². The van der Waals surface area contributed by atoms with Gasteiger partial charge in [-0.1, -0.05) is 0 Å². The van der Waals surface area contributed by atoms with Crippen molar-refractivity contribution < 1.29 is 19.0 Å². The van der Waals surface area contributed by atoms with E-state index in [-0.39, 0.29) is 5.78 Å². The maximum Gasteiger partial charge on any atom is 0.183 e. The summed E-state index contributed by atoms with van der Waals surface area (Å²) in [6.45, 7) is 1.54. The third kappa shape index (κ3) is 2.54. The fraction of sp³-hybridized carbons (Fsp3) is 0.385. The second kappa shape index (κ2) is 5.92. The van der Waals surface area contributed by atoms with E-state index in [2.05, 4.69) is 0 Å². The van der Waals surface area contributed by atoms with Crippen molar-refractivity contribution in [3.63, 3.8) is 0 Å². The Hall–Kier alpha value is -2.22. The van der Waals surface area contributed by atoms with Crippen LogP contribution in [-0.2, 0) is 0 Å². The van der Waals surface area contributed by atoms with E-state index < -0.39 is 5.92 Å². The SMILES string of the molecule is COc1cc(OC)c(C(=O)C(C)C#N)cc1OC. The van der Waals surface area contributed by atoms with Gasteiger partial charge in [0, 0.05) is 6.07 Å². The molecule has 1 unspecified atom stereocenters. The molecular weight excluding hydrogens is 234 g/mol. The van der Waals surface area contributed by atoms with Gasteiger partial charge in [0.15, 0.2) is 17.3 Å². The predicted octanol–water partition coefficient (Wildman–Crippen LogP) is 2.05. The highest BCUT2D eigenvalue weighted by Crippen LogP contribution is 2.35. The van der Waals surface area contributed by atoms with Gasteiger partial charge in [-0.3, -0.25) is 4.79 Å². The van der Waals surface area contributed by atoms with Crippen LogP contribution < -0.4 is 14.2 Å². The lowest BCUT2D eigenvalue weighted by Crippen LogP contribution is -2.11. The summed E-state index contributed by atoms with van der Waals surface area (Å²) >= 11 is 0. The number of Topliss-reactive ketones (excluding diaryl/α,β-unsaturated/α-hetero) is 1. The Bertz CT molecular complexity index is 490. The summed E-state index contributed by atoms with van der Waals surface area (Å²) in [6, 6.07) is 4.99. The van der Waals surface area contributed by atoms with Crippen molar-refractivity contribution >= 4 is 5.78 Å². The summed E-state index contributed by atoms with van der Waals surface area (Å²) in [4.78, 5) is 12.0. The standard InChI is InChI=1S/C13H15NO4/c1-8(7-14)13(15)9-5-11(17-3)12(18-4)6-10(9)16-2/h5-6,8H,1-4H3. The Kier molecular flexibility index (Phi) is 4.55. The summed E-state index contributed by atoms with van der Waals surface area (Å²) in [7, 11) is 4.43. The fourth-order valence-corrected chi connectivity index (χ4v) is 1.51. The minimum absolute atomic E-state index is 0.309. The van der Waals surface area contributed by atoms with Crippen molar-refractivity contribution in [2.75, 3.05) is 21.3 Å². The molecule has 5 heteroatoms. The maximum atomic E-state index is 12.0. The van der Waals surface area contributed by atoms with Gasteiger partial charge < -0.3 is 14.2 Å². The van der Waals surface area contributed by atoms with Gasteiger partial charge >= 0.3 is 0 Å². The number of hydrogen-bond acceptors (Lipinski definition) is 5. The van der Waals surface area contributed by atoms with Crippen LogP contribution in [0, 0.1) is 17.2 Å². The number of hydrogen-bond donors (Lipinski definition) is 0. The topological polar surface area (TPSA) is 68.5 Å². The Morgan fingerprint density at radius 3 is 2.06 bits per heavy atom. The number of methoxy groups -OCH3 is 3. The molecule has 1 rings (SSSR count). The first-order chi connectivity index (χ1) is 8.58. The summed E-state index contributed by atoms with van der Waals surface area (Å²) in [5.41, 5.74) is 0.309. The number of carbonyl (C=O) groups excluding carboxylic acids is 1. The molecule has 0 N–H and O–H groups in total. The molecule has 0 aromatic heterocycles. The van der Waals surface area contributed by atoms with E-state index in [1.54, 1.807) is 13.0 Å². The molecule has 0 radical (unpaired) electrons. The van der Waals surface area contributed by atoms with Gasteiger partial charge in [0.05, 0.1) is 33.0 Å². The van der Waals surface area contributed by atoms with Crippen LogP contribution in [0.2, 0.25) is 0 Å². The first-order valence-corrected chi connectivity index (χ1v) is 5.32. The third-order valence-corrected chi connectivity index (χ3v) is 2.56. The molecule has 1 aromatic carbocycles. The number of nitriles is 1. The Morgan fingerprint density at radius 2 is 1.61 bits per heavy atom. The molecule has 0 aliphatic rings. The fourth-order valence-electron chi connectivity index (χ4n) is 1.51. The first-order valence-electron chi connectivity index (χ1n) is 5.32. The van der Waals surface area contributed by atoms with Gasteiger partial charge in [0.2, 0.25) is 0 Å². The third-order valence-electron chi connectivity index (χ3n) is 2.56. The molecule has 0 bridgehead atoms. The summed E-state index contributed by atoms with van der Waals surface area (Å²) < 4.78 is 15.4. The van der Waals surface area contributed by atoms with Crippen molar-refractivity contribution in [3.8, 4) is 23.3 Å². The lowest BCUT2D eigenvalue weighted by molar-refractivity contribution is 0.0953. The Labute approximate surface area is 106 Å². The van der Waals surface area contributed by atoms with E-state index in [1.807, 2.05) is 6.07 Å². The maximum absolute atomic E-state index is 12.0. The zero-order valence-electron chi connectivity index (χ0n) is 10.8. The number of ether oxygens (including phenoxy) is 3. The van der Waals surface area contributed by atoms with Gasteiger partial charge in [0.1, 0.15) is 11.7 Å². The Balaban J connectivity index is 3.35. The molecule has 0 aliphatic carbocycles. The highest BCUT2D eigenvalue weighted by molar-refractivity contribution is 6.02. The average molecular weight is 249 g/mol. The monoisotopic (exact) mass is 249 g/mol. The van der Waals surface area contributed by atoms with Crippen LogP contribution in [0.15, 0.2) is 12.1 Å². The molecule has 96 valence electrons. The highest BCUT2D eigenvalue weighted by Gasteiger charge is 2.21. The van der Waals surface area contributed by atoms with Crippen molar-refractivity contribution in [3.05, 3.63) is 17.7 Å². The molecule has 0 saturated carbocycles. The van der Waals surface area contributed by atoms with E-state index in [1.165, 1.54) is 27.4 Å². The van der Waals surface area contributed by atoms with Crippen molar-refractivity contribution in [2.45, 2.75) is 6.92 Å². The first kappa shape index (κ1) is 13.8. The van der Waals surface area contributed by atoms with Crippen LogP contribution in [0.4, 0.5) is 0 Å². The van der Waals surface area contributed by atoms with E-state index in [0.717, 1.165) is 0 Å². The van der Waals surface area contributed by atoms with Crippen LogP contribution in [0.25, 0.3) is 0 Å². The number of ketones is 1. The van der Waals surface area contributed by atoms with E-state index in [4.69, 9.17) is 19.5 Å². The smallest absolute Gasteiger partial charge is 0.183 e. The van der Waals surface area contributed by atoms with E-state index in [9.17, 15) is 4.79 Å². The van der Waals surface area contributed by atoms with Gasteiger partial charge in [-0.15, -0.1) is 0 Å². The molecule has 1 aromatic rings. The molecule has 0 aliphatic heterocycles. The van der Waals surface area contributed by atoms with Crippen LogP contribution in [0.3, 0.4) is 0 Å². The van der Waals surface area contributed by atoms with Gasteiger partial charge in [-0.05, 0) is 13.0 Å². The number of rotatable bonds is 5. The molecule has 18 heavy (non-hydrogen) atoms. The van der Waals surface area contributed by atoms with Crippen molar-refractivity contribution in [1.29, 1.82) is 5.26 Å². The summed E-state index contributed by atoms with van der Waals surface area (Å²) in [5, 5.41) is 8.79. The van der Waals surface area contributed by atoms with Crippen molar-refractivity contribution in [1.82, 2.24) is 0 Å². The molecule has 0 amide bonds. The molecule has 0 fully saturated rings. The van der Waals surface area contributed by atoms with Crippen LogP contribution in [0.5, 0.6) is 17.2 Å². The molecule has 5 nitrogen and oxygen atoms in total. The largest absolute Gasteiger partial charge is 0.496 e. The zero-order valence-corrected chi connectivity index (χ0v) is 10.8. The minimum Gasteiger partial charge on any atom is -0.496 e. The van der Waals surface area contributed by atoms with E-state index in [0.29, 0.717) is 22.8 Å². The second-order valence-corrected chi connectivity index (χ2v) is 3.62. The Morgan fingerprint density at radius 1 is 1.11 bits per heavy atom. The van der Waals surface area contributed by atoms with E-state index >= 15 is 0 Å². The second-order valence-electron chi connectivity index (χ2n) is 3.62. The normalized spacial score (nSPS) is 11.3. The quantitative estimate of drug-likeness (QED) is 0.747. The molecule has 0 saturated heterocycles. The number of nitrogens with zero attached hydrogens (tertiary/aromatic N) is 1. The van der Waals surface area contributed by atoms with Crippen LogP contribution in [0.1, 0.15) is 17.3 Å². The average Bonchev–Trinajstić information content (AvgIpc) is 2.43. The molecule has 1 atom stereocenters. The van der Waals surface area contributed by atoms with Gasteiger partial charge in [0.25, 0.3) is 0 Å². The molecular formula is C13H15NO4. The zero-order chi connectivity index (χ0) is 13.7.